The van der Waals surface area contributed by atoms with Crippen LogP contribution in [0.15, 0.2) is 78.9 Å². The van der Waals surface area contributed by atoms with E-state index in [2.05, 4.69) is 13.1 Å². The number of carbonyl (C=O) groups is 1. The van der Waals surface area contributed by atoms with Gasteiger partial charge in [0.15, 0.2) is 8.32 Å². The summed E-state index contributed by atoms with van der Waals surface area (Å²) < 4.78 is 16.8. The molecule has 0 aliphatic carbocycles. The van der Waals surface area contributed by atoms with Gasteiger partial charge in [0.05, 0.1) is 12.2 Å². The molecule has 4 nitrogen and oxygen atoms in total. The van der Waals surface area contributed by atoms with Crippen molar-refractivity contribution in [3.05, 3.63) is 84.4 Å². The number of hydrogen-bond donors (Lipinski definition) is 0. The molecule has 0 fully saturated rings. The molecule has 0 aliphatic heterocycles. The Kier molecular flexibility index (Phi) is 7.44. The largest absolute Gasteiger partial charge is 0.494 e. The van der Waals surface area contributed by atoms with E-state index < -0.39 is 8.32 Å². The van der Waals surface area contributed by atoms with Crippen molar-refractivity contribution < 1.29 is 18.7 Å². The SMILES string of the molecule is CO[Si](C)(C)CCCOc1ccc(C(=O)Oc2ccc(-c3ccccc3)cc2)cc1. The molecule has 0 amide bonds. The monoisotopic (exact) mass is 420 g/mol. The molecule has 0 N–H and O–H groups in total. The lowest BCUT2D eigenvalue weighted by molar-refractivity contribution is 0.0734. The van der Waals surface area contributed by atoms with E-state index in [9.17, 15) is 4.79 Å². The third-order valence-corrected chi connectivity index (χ3v) is 7.67. The second-order valence-corrected chi connectivity index (χ2v) is 12.1. The molecule has 0 unspecified atom stereocenters. The fourth-order valence-corrected chi connectivity index (χ4v) is 4.19. The van der Waals surface area contributed by atoms with Gasteiger partial charge in [0.2, 0.25) is 0 Å². The zero-order chi connectivity index (χ0) is 21.4. The topological polar surface area (TPSA) is 44.8 Å². The summed E-state index contributed by atoms with van der Waals surface area (Å²) in [5.74, 6) is 0.877. The molecule has 0 saturated heterocycles. The predicted molar refractivity (Wildman–Crippen MR) is 123 cm³/mol. The number of esters is 1. The minimum Gasteiger partial charge on any atom is -0.494 e. The summed E-state index contributed by atoms with van der Waals surface area (Å²) in [6, 6.07) is 25.7. The first-order valence-corrected chi connectivity index (χ1v) is 13.2. The van der Waals surface area contributed by atoms with E-state index in [4.69, 9.17) is 13.9 Å². The summed E-state index contributed by atoms with van der Waals surface area (Å²) in [4.78, 5) is 12.4. The highest BCUT2D eigenvalue weighted by Crippen LogP contribution is 2.23. The van der Waals surface area contributed by atoms with Crippen LogP contribution >= 0.6 is 0 Å². The minimum absolute atomic E-state index is 0.387. The molecule has 0 aromatic heterocycles. The van der Waals surface area contributed by atoms with Gasteiger partial charge in [0, 0.05) is 7.11 Å². The Balaban J connectivity index is 1.51. The van der Waals surface area contributed by atoms with Crippen LogP contribution in [-0.2, 0) is 4.43 Å². The lowest BCUT2D eigenvalue weighted by Crippen LogP contribution is -2.28. The van der Waals surface area contributed by atoms with Crippen molar-refractivity contribution in [2.24, 2.45) is 0 Å². The molecule has 0 bridgehead atoms. The van der Waals surface area contributed by atoms with Gasteiger partial charge >= 0.3 is 5.97 Å². The molecule has 5 heteroatoms. The lowest BCUT2D eigenvalue weighted by Gasteiger charge is -2.19. The van der Waals surface area contributed by atoms with Crippen LogP contribution in [0.4, 0.5) is 0 Å². The minimum atomic E-state index is -1.54. The van der Waals surface area contributed by atoms with Crippen LogP contribution in [-0.4, -0.2) is 28.0 Å². The van der Waals surface area contributed by atoms with Crippen molar-refractivity contribution in [1.29, 1.82) is 0 Å². The third-order valence-electron chi connectivity index (χ3n) is 5.01. The number of ether oxygens (including phenoxy) is 2. The smallest absolute Gasteiger partial charge is 0.343 e. The number of hydrogen-bond acceptors (Lipinski definition) is 4. The van der Waals surface area contributed by atoms with Crippen LogP contribution in [0.25, 0.3) is 11.1 Å². The Bertz CT molecular complexity index is 935. The van der Waals surface area contributed by atoms with Gasteiger partial charge in [-0.3, -0.25) is 0 Å². The maximum Gasteiger partial charge on any atom is 0.343 e. The summed E-state index contributed by atoms with van der Waals surface area (Å²) in [5, 5.41) is 0. The van der Waals surface area contributed by atoms with E-state index in [1.165, 1.54) is 0 Å². The standard InChI is InChI=1S/C25H28O4Si/c1-27-30(2,3)19-7-18-28-23-14-12-22(13-15-23)25(26)29-24-16-10-21(11-17-24)20-8-5-4-6-9-20/h4-6,8-17H,7,18-19H2,1-3H3. The third kappa shape index (κ3) is 6.30. The highest BCUT2D eigenvalue weighted by molar-refractivity contribution is 6.71. The van der Waals surface area contributed by atoms with Crippen molar-refractivity contribution in [3.8, 4) is 22.6 Å². The van der Waals surface area contributed by atoms with Gasteiger partial charge in [-0.05, 0) is 73.1 Å². The van der Waals surface area contributed by atoms with E-state index in [0.29, 0.717) is 17.9 Å². The van der Waals surface area contributed by atoms with Gasteiger partial charge in [-0.25, -0.2) is 4.79 Å². The number of carbonyl (C=O) groups excluding carboxylic acids is 1. The van der Waals surface area contributed by atoms with Gasteiger partial charge < -0.3 is 13.9 Å². The molecule has 0 atom stereocenters. The Morgan fingerprint density at radius 1 is 0.800 bits per heavy atom. The fraction of sp³-hybridized carbons (Fsp3) is 0.240. The molecule has 0 saturated carbocycles. The second-order valence-electron chi connectivity index (χ2n) is 7.72. The summed E-state index contributed by atoms with van der Waals surface area (Å²) in [6.45, 7) is 5.03. The Morgan fingerprint density at radius 3 is 2.03 bits per heavy atom. The van der Waals surface area contributed by atoms with Gasteiger partial charge in [-0.15, -0.1) is 0 Å². The molecule has 30 heavy (non-hydrogen) atoms. The van der Waals surface area contributed by atoms with E-state index >= 15 is 0 Å². The van der Waals surface area contributed by atoms with Gasteiger partial charge in [0.1, 0.15) is 11.5 Å². The van der Waals surface area contributed by atoms with Crippen LogP contribution < -0.4 is 9.47 Å². The van der Waals surface area contributed by atoms with Crippen molar-refractivity contribution in [1.82, 2.24) is 0 Å². The maximum absolute atomic E-state index is 12.4. The molecule has 0 radical (unpaired) electrons. The zero-order valence-corrected chi connectivity index (χ0v) is 18.8. The Hall–Kier alpha value is -2.89. The van der Waals surface area contributed by atoms with E-state index in [0.717, 1.165) is 29.3 Å². The van der Waals surface area contributed by atoms with E-state index in [1.54, 1.807) is 31.4 Å². The normalized spacial score (nSPS) is 11.2. The summed E-state index contributed by atoms with van der Waals surface area (Å²) in [6.07, 6.45) is 0.954. The van der Waals surface area contributed by atoms with Crippen molar-refractivity contribution >= 4 is 14.3 Å². The molecule has 156 valence electrons. The number of benzene rings is 3. The zero-order valence-electron chi connectivity index (χ0n) is 17.8. The quantitative estimate of drug-likeness (QED) is 0.179. The first kappa shape index (κ1) is 21.8. The molecule has 0 spiro atoms. The summed E-state index contributed by atoms with van der Waals surface area (Å²) in [5.41, 5.74) is 2.69. The highest BCUT2D eigenvalue weighted by atomic mass is 28.4. The summed E-state index contributed by atoms with van der Waals surface area (Å²) >= 11 is 0. The van der Waals surface area contributed by atoms with Crippen LogP contribution in [0.3, 0.4) is 0 Å². The molecule has 3 rings (SSSR count). The molecular formula is C25H28O4Si. The lowest BCUT2D eigenvalue weighted by atomic mass is 10.1. The fourth-order valence-electron chi connectivity index (χ4n) is 2.99. The first-order valence-electron chi connectivity index (χ1n) is 10.1. The van der Waals surface area contributed by atoms with E-state index in [-0.39, 0.29) is 5.97 Å². The Morgan fingerprint density at radius 2 is 1.40 bits per heavy atom. The average molecular weight is 421 g/mol. The molecular weight excluding hydrogens is 392 g/mol. The van der Waals surface area contributed by atoms with Crippen LogP contribution in [0, 0.1) is 0 Å². The van der Waals surface area contributed by atoms with Gasteiger partial charge in [-0.1, -0.05) is 42.5 Å². The van der Waals surface area contributed by atoms with Gasteiger partial charge in [-0.2, -0.15) is 0 Å². The molecule has 3 aromatic carbocycles. The highest BCUT2D eigenvalue weighted by Gasteiger charge is 2.19. The average Bonchev–Trinajstić information content (AvgIpc) is 2.78. The molecule has 0 aliphatic rings. The van der Waals surface area contributed by atoms with Crippen LogP contribution in [0.2, 0.25) is 19.1 Å². The predicted octanol–water partition coefficient (Wildman–Crippen LogP) is 6.19. The van der Waals surface area contributed by atoms with Crippen LogP contribution in [0.5, 0.6) is 11.5 Å². The van der Waals surface area contributed by atoms with Gasteiger partial charge in [0.25, 0.3) is 0 Å². The Labute approximate surface area is 179 Å². The van der Waals surface area contributed by atoms with E-state index in [1.807, 2.05) is 54.6 Å². The second kappa shape index (κ2) is 10.2. The molecule has 0 heterocycles. The number of rotatable bonds is 9. The van der Waals surface area contributed by atoms with Crippen molar-refractivity contribution in [3.63, 3.8) is 0 Å². The first-order chi connectivity index (χ1) is 14.5. The maximum atomic E-state index is 12.4. The summed E-state index contributed by atoms with van der Waals surface area (Å²) in [7, 11) is 0.240. The van der Waals surface area contributed by atoms with Crippen molar-refractivity contribution in [2.45, 2.75) is 25.6 Å². The van der Waals surface area contributed by atoms with Crippen molar-refractivity contribution in [2.75, 3.05) is 13.7 Å². The molecule has 3 aromatic rings. The van der Waals surface area contributed by atoms with Crippen LogP contribution in [0.1, 0.15) is 16.8 Å².